The first-order chi connectivity index (χ1) is 8.22. The molecule has 1 aliphatic carbocycles. The molecule has 0 saturated heterocycles. The van der Waals surface area contributed by atoms with E-state index in [4.69, 9.17) is 5.73 Å². The summed E-state index contributed by atoms with van der Waals surface area (Å²) in [5.41, 5.74) is 8.99. The van der Waals surface area contributed by atoms with E-state index in [1.165, 1.54) is 24.1 Å². The van der Waals surface area contributed by atoms with Gasteiger partial charge in [-0.2, -0.15) is 11.8 Å². The second kappa shape index (κ2) is 5.87. The van der Waals surface area contributed by atoms with Crippen molar-refractivity contribution in [2.45, 2.75) is 50.3 Å². The van der Waals surface area contributed by atoms with Crippen LogP contribution in [0.4, 0.5) is 0 Å². The molecule has 1 aromatic heterocycles. The smallest absolute Gasteiger partial charge is 0.0482 e. The summed E-state index contributed by atoms with van der Waals surface area (Å²) >= 11 is 1.99. The van der Waals surface area contributed by atoms with Crippen LogP contribution < -0.4 is 5.73 Å². The summed E-state index contributed by atoms with van der Waals surface area (Å²) in [6, 6.07) is 4.47. The van der Waals surface area contributed by atoms with Crippen LogP contribution in [0.3, 0.4) is 0 Å². The van der Waals surface area contributed by atoms with Gasteiger partial charge in [0.25, 0.3) is 0 Å². The van der Waals surface area contributed by atoms with Crippen LogP contribution >= 0.6 is 11.8 Å². The number of hydrogen-bond acceptors (Lipinski definition) is 3. The number of aryl methyl sites for hydroxylation is 1. The van der Waals surface area contributed by atoms with Crippen molar-refractivity contribution in [1.82, 2.24) is 4.98 Å². The number of nitrogens with zero attached hydrogens (tertiary/aromatic N) is 1. The molecule has 3 unspecified atom stereocenters. The van der Waals surface area contributed by atoms with E-state index in [9.17, 15) is 0 Å². The molecule has 3 atom stereocenters. The average molecular weight is 250 g/mol. The van der Waals surface area contributed by atoms with Gasteiger partial charge in [-0.3, -0.25) is 4.98 Å². The molecule has 3 heteroatoms. The zero-order valence-corrected chi connectivity index (χ0v) is 11.5. The van der Waals surface area contributed by atoms with Crippen molar-refractivity contribution in [2.75, 3.05) is 5.75 Å². The minimum atomic E-state index is 0.255. The van der Waals surface area contributed by atoms with Crippen LogP contribution in [0, 0.1) is 0 Å². The Morgan fingerprint density at radius 2 is 2.41 bits per heavy atom. The van der Waals surface area contributed by atoms with Crippen LogP contribution in [-0.2, 0) is 6.42 Å². The maximum absolute atomic E-state index is 6.34. The van der Waals surface area contributed by atoms with Gasteiger partial charge < -0.3 is 5.73 Å². The molecule has 0 fully saturated rings. The van der Waals surface area contributed by atoms with Crippen molar-refractivity contribution >= 4 is 11.8 Å². The lowest BCUT2D eigenvalue weighted by Gasteiger charge is -2.20. The molecule has 0 radical (unpaired) electrons. The number of pyridine rings is 1. The van der Waals surface area contributed by atoms with Crippen molar-refractivity contribution in [3.05, 3.63) is 29.6 Å². The minimum absolute atomic E-state index is 0.255. The third kappa shape index (κ3) is 3.02. The summed E-state index contributed by atoms with van der Waals surface area (Å²) in [7, 11) is 0. The maximum Gasteiger partial charge on any atom is 0.0482 e. The quantitative estimate of drug-likeness (QED) is 0.873. The van der Waals surface area contributed by atoms with Crippen LogP contribution in [0.2, 0.25) is 0 Å². The van der Waals surface area contributed by atoms with Gasteiger partial charge in [0.2, 0.25) is 0 Å². The molecule has 0 amide bonds. The highest BCUT2D eigenvalue weighted by Gasteiger charge is 2.28. The Labute approximate surface area is 108 Å². The third-order valence-electron chi connectivity index (χ3n) is 3.67. The fraction of sp³-hybridized carbons (Fsp3) is 0.643. The molecule has 1 heterocycles. The molecule has 1 aromatic rings. The summed E-state index contributed by atoms with van der Waals surface area (Å²) in [5, 5.41) is 0.714. The molecule has 0 bridgehead atoms. The Morgan fingerprint density at radius 3 is 3.18 bits per heavy atom. The summed E-state index contributed by atoms with van der Waals surface area (Å²) in [6.45, 7) is 4.51. The van der Waals surface area contributed by atoms with E-state index in [2.05, 4.69) is 24.9 Å². The Hall–Kier alpha value is -0.540. The van der Waals surface area contributed by atoms with Gasteiger partial charge in [-0.15, -0.1) is 0 Å². The number of aromatic nitrogens is 1. The highest BCUT2D eigenvalue weighted by atomic mass is 32.2. The molecule has 94 valence electrons. The first-order valence-electron chi connectivity index (χ1n) is 6.53. The highest BCUT2D eigenvalue weighted by molar-refractivity contribution is 7.99. The average Bonchev–Trinajstić information content (AvgIpc) is 2.79. The van der Waals surface area contributed by atoms with Crippen molar-refractivity contribution in [1.29, 1.82) is 0 Å². The second-order valence-electron chi connectivity index (χ2n) is 4.91. The summed E-state index contributed by atoms with van der Waals surface area (Å²) in [6.07, 6.45) is 5.44. The Kier molecular flexibility index (Phi) is 4.46. The molecule has 0 saturated carbocycles. The SMILES string of the molecule is CCC(C)SCC(N)C1CCc2cccnc21. The molecule has 17 heavy (non-hydrogen) atoms. The van der Waals surface area contributed by atoms with E-state index in [0.717, 1.165) is 12.2 Å². The lowest BCUT2D eigenvalue weighted by molar-refractivity contribution is 0.560. The fourth-order valence-electron chi connectivity index (χ4n) is 2.37. The first-order valence-corrected chi connectivity index (χ1v) is 7.58. The zero-order valence-electron chi connectivity index (χ0n) is 10.7. The molecule has 0 aromatic carbocycles. The number of thioether (sulfide) groups is 1. The van der Waals surface area contributed by atoms with E-state index < -0.39 is 0 Å². The lowest BCUT2D eigenvalue weighted by Crippen LogP contribution is -2.30. The molecule has 0 aliphatic heterocycles. The van der Waals surface area contributed by atoms with E-state index in [1.807, 2.05) is 24.0 Å². The second-order valence-corrected chi connectivity index (χ2v) is 6.38. The predicted molar refractivity (Wildman–Crippen MR) is 75.5 cm³/mol. The molecule has 0 spiro atoms. The fourth-order valence-corrected chi connectivity index (χ4v) is 3.39. The number of rotatable bonds is 5. The highest BCUT2D eigenvalue weighted by Crippen LogP contribution is 2.34. The van der Waals surface area contributed by atoms with E-state index >= 15 is 0 Å². The zero-order chi connectivity index (χ0) is 12.3. The normalized spacial score (nSPS) is 22.2. The van der Waals surface area contributed by atoms with Gasteiger partial charge >= 0.3 is 0 Å². The molecular formula is C14H22N2S. The first kappa shape index (κ1) is 12.9. The van der Waals surface area contributed by atoms with Gasteiger partial charge in [0, 0.05) is 34.9 Å². The monoisotopic (exact) mass is 250 g/mol. The largest absolute Gasteiger partial charge is 0.326 e. The van der Waals surface area contributed by atoms with Gasteiger partial charge in [0.15, 0.2) is 0 Å². The summed E-state index contributed by atoms with van der Waals surface area (Å²) in [5.74, 6) is 1.53. The summed E-state index contributed by atoms with van der Waals surface area (Å²) in [4.78, 5) is 4.52. The van der Waals surface area contributed by atoms with Crippen molar-refractivity contribution in [2.24, 2.45) is 5.73 Å². The van der Waals surface area contributed by atoms with E-state index in [-0.39, 0.29) is 6.04 Å². The topological polar surface area (TPSA) is 38.9 Å². The Balaban J connectivity index is 1.95. The minimum Gasteiger partial charge on any atom is -0.326 e. The van der Waals surface area contributed by atoms with Gasteiger partial charge in [-0.25, -0.2) is 0 Å². The predicted octanol–water partition coefficient (Wildman–Crippen LogP) is 2.97. The van der Waals surface area contributed by atoms with E-state index in [0.29, 0.717) is 11.2 Å². The van der Waals surface area contributed by atoms with Crippen molar-refractivity contribution in [3.8, 4) is 0 Å². The van der Waals surface area contributed by atoms with Crippen LogP contribution in [0.15, 0.2) is 18.3 Å². The van der Waals surface area contributed by atoms with Gasteiger partial charge in [0.1, 0.15) is 0 Å². The number of nitrogens with two attached hydrogens (primary N) is 1. The maximum atomic E-state index is 6.34. The lowest BCUT2D eigenvalue weighted by atomic mass is 9.99. The van der Waals surface area contributed by atoms with Crippen molar-refractivity contribution in [3.63, 3.8) is 0 Å². The molecule has 2 rings (SSSR count). The van der Waals surface area contributed by atoms with Crippen LogP contribution in [0.25, 0.3) is 0 Å². The summed E-state index contributed by atoms with van der Waals surface area (Å²) < 4.78 is 0. The molecule has 2 N–H and O–H groups in total. The van der Waals surface area contributed by atoms with Gasteiger partial charge in [-0.05, 0) is 30.9 Å². The standard InChI is InChI=1S/C14H22N2S/c1-3-10(2)17-9-13(15)12-7-6-11-5-4-8-16-14(11)12/h4-5,8,10,12-13H,3,6-7,9,15H2,1-2H3. The van der Waals surface area contributed by atoms with Gasteiger partial charge in [0.05, 0.1) is 0 Å². The molecule has 1 aliphatic rings. The van der Waals surface area contributed by atoms with Crippen LogP contribution in [-0.4, -0.2) is 22.0 Å². The Bertz CT molecular complexity index is 367. The van der Waals surface area contributed by atoms with Gasteiger partial charge in [-0.1, -0.05) is 19.9 Å². The van der Waals surface area contributed by atoms with E-state index in [1.54, 1.807) is 0 Å². The molecular weight excluding hydrogens is 228 g/mol. The van der Waals surface area contributed by atoms with Crippen molar-refractivity contribution < 1.29 is 0 Å². The third-order valence-corrected chi connectivity index (χ3v) is 5.15. The van der Waals surface area contributed by atoms with Crippen LogP contribution in [0.1, 0.15) is 43.9 Å². The number of hydrogen-bond donors (Lipinski definition) is 1. The van der Waals surface area contributed by atoms with Crippen LogP contribution in [0.5, 0.6) is 0 Å². The molecule has 2 nitrogen and oxygen atoms in total. The number of fused-ring (bicyclic) bond motifs is 1. The Morgan fingerprint density at radius 1 is 1.59 bits per heavy atom.